The van der Waals surface area contributed by atoms with Crippen molar-refractivity contribution in [1.82, 2.24) is 0 Å². The molecular weight excluding hydrogens is 164 g/mol. The molecule has 0 aliphatic heterocycles. The quantitative estimate of drug-likeness (QED) is 0.571. The fourth-order valence-electron chi connectivity index (χ4n) is 1.47. The third-order valence-electron chi connectivity index (χ3n) is 2.16. The Balaban J connectivity index is 3.28. The predicted molar refractivity (Wildman–Crippen MR) is 54.6 cm³/mol. The molecule has 0 fully saturated rings. The zero-order chi connectivity index (χ0) is 10.1. The first kappa shape index (κ1) is 12.5. The predicted octanol–water partition coefficient (Wildman–Crippen LogP) is 3.16. The summed E-state index contributed by atoms with van der Waals surface area (Å²) in [6.07, 6.45) is 5.21. The summed E-state index contributed by atoms with van der Waals surface area (Å²) >= 11 is 0. The zero-order valence-electron chi connectivity index (χ0n) is 9.14. The molecule has 0 aliphatic rings. The van der Waals surface area contributed by atoms with Crippen LogP contribution in [0.4, 0.5) is 0 Å². The third kappa shape index (κ3) is 7.82. The van der Waals surface area contributed by atoms with Gasteiger partial charge in [-0.1, -0.05) is 33.1 Å². The largest absolute Gasteiger partial charge is 0.466 e. The normalized spacial score (nSPS) is 12.5. The van der Waals surface area contributed by atoms with Gasteiger partial charge in [0.25, 0.3) is 0 Å². The highest BCUT2D eigenvalue weighted by Crippen LogP contribution is 2.13. The average molecular weight is 186 g/mol. The van der Waals surface area contributed by atoms with E-state index in [1.54, 1.807) is 0 Å². The van der Waals surface area contributed by atoms with E-state index in [4.69, 9.17) is 4.74 Å². The lowest BCUT2D eigenvalue weighted by Gasteiger charge is -2.08. The Hall–Kier alpha value is -0.530. The van der Waals surface area contributed by atoms with Crippen molar-refractivity contribution in [2.45, 2.75) is 52.9 Å². The van der Waals surface area contributed by atoms with Crippen LogP contribution in [-0.2, 0) is 9.53 Å². The second kappa shape index (κ2) is 8.09. The second-order valence-corrected chi connectivity index (χ2v) is 3.59. The van der Waals surface area contributed by atoms with Gasteiger partial charge in [-0.3, -0.25) is 4.79 Å². The van der Waals surface area contributed by atoms with Crippen molar-refractivity contribution >= 4 is 5.97 Å². The van der Waals surface area contributed by atoms with E-state index in [-0.39, 0.29) is 5.97 Å². The molecule has 0 aromatic heterocycles. The van der Waals surface area contributed by atoms with Crippen molar-refractivity contribution in [3.8, 4) is 0 Å². The van der Waals surface area contributed by atoms with E-state index >= 15 is 0 Å². The van der Waals surface area contributed by atoms with Gasteiger partial charge in [0.15, 0.2) is 0 Å². The maximum Gasteiger partial charge on any atom is 0.305 e. The smallest absolute Gasteiger partial charge is 0.305 e. The molecule has 0 radical (unpaired) electrons. The van der Waals surface area contributed by atoms with Crippen LogP contribution in [0.3, 0.4) is 0 Å². The van der Waals surface area contributed by atoms with Crippen LogP contribution in [0.25, 0.3) is 0 Å². The Bertz CT molecular complexity index is 132. The van der Waals surface area contributed by atoms with Gasteiger partial charge in [-0.15, -0.1) is 0 Å². The van der Waals surface area contributed by atoms with E-state index in [1.165, 1.54) is 12.8 Å². The summed E-state index contributed by atoms with van der Waals surface area (Å²) in [7, 11) is 0. The summed E-state index contributed by atoms with van der Waals surface area (Å²) in [5.74, 6) is 0.700. The molecule has 0 bridgehead atoms. The molecule has 0 saturated carbocycles. The summed E-state index contributed by atoms with van der Waals surface area (Å²) in [5.41, 5.74) is 0. The topological polar surface area (TPSA) is 26.3 Å². The summed E-state index contributed by atoms with van der Waals surface area (Å²) < 4.78 is 4.84. The highest BCUT2D eigenvalue weighted by atomic mass is 16.5. The monoisotopic (exact) mass is 186 g/mol. The van der Waals surface area contributed by atoms with Crippen LogP contribution in [-0.4, -0.2) is 12.6 Å². The van der Waals surface area contributed by atoms with Gasteiger partial charge in [0.1, 0.15) is 0 Å². The van der Waals surface area contributed by atoms with E-state index < -0.39 is 0 Å². The second-order valence-electron chi connectivity index (χ2n) is 3.59. The molecular formula is C11H22O2. The van der Waals surface area contributed by atoms with Crippen LogP contribution in [0, 0.1) is 5.92 Å². The summed E-state index contributed by atoms with van der Waals surface area (Å²) in [6.45, 7) is 6.79. The van der Waals surface area contributed by atoms with Gasteiger partial charge in [0.05, 0.1) is 6.61 Å². The van der Waals surface area contributed by atoms with Crippen molar-refractivity contribution in [1.29, 1.82) is 0 Å². The molecule has 2 nitrogen and oxygen atoms in total. The zero-order valence-corrected chi connectivity index (χ0v) is 9.14. The first-order valence-corrected chi connectivity index (χ1v) is 5.36. The Labute approximate surface area is 81.7 Å². The lowest BCUT2D eigenvalue weighted by atomic mass is 9.99. The fraction of sp³-hybridized carbons (Fsp3) is 0.909. The molecule has 0 rings (SSSR count). The van der Waals surface area contributed by atoms with Crippen LogP contribution in [0.5, 0.6) is 0 Å². The van der Waals surface area contributed by atoms with Crippen LogP contribution in [0.1, 0.15) is 52.9 Å². The molecule has 0 N–H and O–H groups in total. The van der Waals surface area contributed by atoms with E-state index in [9.17, 15) is 4.79 Å². The number of ether oxygens (including phenoxy) is 1. The SMILES string of the molecule is CCC[C@H](C)CCCC(=O)OCC. The molecule has 0 spiro atoms. The molecule has 0 aliphatic carbocycles. The van der Waals surface area contributed by atoms with Gasteiger partial charge in [-0.05, 0) is 19.3 Å². The summed E-state index contributed by atoms with van der Waals surface area (Å²) in [4.78, 5) is 11.0. The molecule has 0 saturated heterocycles. The first-order valence-electron chi connectivity index (χ1n) is 5.36. The van der Waals surface area contributed by atoms with Gasteiger partial charge in [0.2, 0.25) is 0 Å². The van der Waals surface area contributed by atoms with E-state index in [2.05, 4.69) is 13.8 Å². The lowest BCUT2D eigenvalue weighted by Crippen LogP contribution is -2.04. The summed E-state index contributed by atoms with van der Waals surface area (Å²) in [5, 5.41) is 0. The van der Waals surface area contributed by atoms with E-state index in [1.807, 2.05) is 6.92 Å². The Kier molecular flexibility index (Phi) is 7.76. The highest BCUT2D eigenvalue weighted by molar-refractivity contribution is 5.69. The minimum absolute atomic E-state index is 0.0498. The van der Waals surface area contributed by atoms with E-state index in [0.29, 0.717) is 13.0 Å². The number of hydrogen-bond acceptors (Lipinski definition) is 2. The highest BCUT2D eigenvalue weighted by Gasteiger charge is 2.04. The number of esters is 1. The molecule has 0 aromatic carbocycles. The van der Waals surface area contributed by atoms with E-state index in [0.717, 1.165) is 18.8 Å². The lowest BCUT2D eigenvalue weighted by molar-refractivity contribution is -0.143. The first-order chi connectivity index (χ1) is 6.20. The molecule has 1 atom stereocenters. The van der Waals surface area contributed by atoms with Gasteiger partial charge < -0.3 is 4.74 Å². The van der Waals surface area contributed by atoms with Gasteiger partial charge in [-0.25, -0.2) is 0 Å². The molecule has 0 amide bonds. The standard InChI is InChI=1S/C11H22O2/c1-4-7-10(3)8-6-9-11(12)13-5-2/h10H,4-9H2,1-3H3/t10-/m0/s1. The fourth-order valence-corrected chi connectivity index (χ4v) is 1.47. The molecule has 0 heterocycles. The third-order valence-corrected chi connectivity index (χ3v) is 2.16. The molecule has 0 aromatic rings. The van der Waals surface area contributed by atoms with Crippen LogP contribution < -0.4 is 0 Å². The molecule has 78 valence electrons. The average Bonchev–Trinajstić information content (AvgIpc) is 2.05. The minimum Gasteiger partial charge on any atom is -0.466 e. The van der Waals surface area contributed by atoms with Crippen LogP contribution in [0.15, 0.2) is 0 Å². The van der Waals surface area contributed by atoms with Gasteiger partial charge in [-0.2, -0.15) is 0 Å². The maximum absolute atomic E-state index is 11.0. The molecule has 0 unspecified atom stereocenters. The van der Waals surface area contributed by atoms with Gasteiger partial charge >= 0.3 is 5.97 Å². The van der Waals surface area contributed by atoms with Crippen LogP contribution >= 0.6 is 0 Å². The van der Waals surface area contributed by atoms with Crippen LogP contribution in [0.2, 0.25) is 0 Å². The van der Waals surface area contributed by atoms with Crippen molar-refractivity contribution < 1.29 is 9.53 Å². The van der Waals surface area contributed by atoms with Crippen molar-refractivity contribution in [2.24, 2.45) is 5.92 Å². The van der Waals surface area contributed by atoms with Gasteiger partial charge in [0, 0.05) is 6.42 Å². The Morgan fingerprint density at radius 2 is 2.00 bits per heavy atom. The molecule has 2 heteroatoms. The number of rotatable bonds is 7. The minimum atomic E-state index is -0.0498. The Morgan fingerprint density at radius 1 is 1.31 bits per heavy atom. The number of carbonyl (C=O) groups excluding carboxylic acids is 1. The van der Waals surface area contributed by atoms with Crippen molar-refractivity contribution in [3.63, 3.8) is 0 Å². The number of carbonyl (C=O) groups is 1. The maximum atomic E-state index is 11.0. The molecule has 13 heavy (non-hydrogen) atoms. The number of hydrogen-bond donors (Lipinski definition) is 0. The Morgan fingerprint density at radius 3 is 2.54 bits per heavy atom. The van der Waals surface area contributed by atoms with Crippen molar-refractivity contribution in [2.75, 3.05) is 6.61 Å². The summed E-state index contributed by atoms with van der Waals surface area (Å²) in [6, 6.07) is 0. The van der Waals surface area contributed by atoms with Crippen molar-refractivity contribution in [3.05, 3.63) is 0 Å².